The molecule has 0 bridgehead atoms. The van der Waals surface area contributed by atoms with E-state index in [9.17, 15) is 9.59 Å². The molecule has 2 aromatic rings. The maximum absolute atomic E-state index is 10.9. The van der Waals surface area contributed by atoms with E-state index < -0.39 is 11.9 Å². The molecule has 96 valence electrons. The van der Waals surface area contributed by atoms with E-state index in [2.05, 4.69) is 9.97 Å². The summed E-state index contributed by atoms with van der Waals surface area (Å²) in [6, 6.07) is 5.85. The summed E-state index contributed by atoms with van der Waals surface area (Å²) in [5.74, 6) is -1.61. The van der Waals surface area contributed by atoms with Gasteiger partial charge in [0, 0.05) is 18.5 Å². The SMILES string of the molecule is NC(=O)c1ccc(Oc2cccnc2C(=O)O)nc1. The number of rotatable bonds is 4. The number of carboxylic acids is 1. The molecular formula is C12H9N3O4. The molecule has 0 radical (unpaired) electrons. The summed E-state index contributed by atoms with van der Waals surface area (Å²) >= 11 is 0. The van der Waals surface area contributed by atoms with Crippen molar-refractivity contribution >= 4 is 11.9 Å². The van der Waals surface area contributed by atoms with Crippen LogP contribution < -0.4 is 10.5 Å². The van der Waals surface area contributed by atoms with E-state index in [0.29, 0.717) is 0 Å². The first kappa shape index (κ1) is 12.5. The Hall–Kier alpha value is -2.96. The van der Waals surface area contributed by atoms with Crippen LogP contribution in [0.5, 0.6) is 11.6 Å². The molecule has 0 atom stereocenters. The zero-order valence-corrected chi connectivity index (χ0v) is 9.61. The summed E-state index contributed by atoms with van der Waals surface area (Å²) < 4.78 is 5.30. The van der Waals surface area contributed by atoms with Crippen molar-refractivity contribution in [2.75, 3.05) is 0 Å². The number of primary amides is 1. The van der Waals surface area contributed by atoms with Gasteiger partial charge in [-0.2, -0.15) is 0 Å². The van der Waals surface area contributed by atoms with Gasteiger partial charge in [0.1, 0.15) is 0 Å². The smallest absolute Gasteiger partial charge is 0.358 e. The van der Waals surface area contributed by atoms with Gasteiger partial charge in [-0.15, -0.1) is 0 Å². The van der Waals surface area contributed by atoms with Gasteiger partial charge < -0.3 is 15.6 Å². The van der Waals surface area contributed by atoms with E-state index in [4.69, 9.17) is 15.6 Å². The molecule has 2 heterocycles. The molecule has 0 unspecified atom stereocenters. The average Bonchev–Trinajstić information content (AvgIpc) is 2.39. The Bertz CT molecular complexity index is 625. The van der Waals surface area contributed by atoms with Gasteiger partial charge in [0.25, 0.3) is 0 Å². The minimum absolute atomic E-state index is 0.0642. The number of nitrogens with zero attached hydrogens (tertiary/aromatic N) is 2. The van der Waals surface area contributed by atoms with Crippen LogP contribution in [0, 0.1) is 0 Å². The van der Waals surface area contributed by atoms with Crippen molar-refractivity contribution < 1.29 is 19.4 Å². The Balaban J connectivity index is 2.26. The minimum Gasteiger partial charge on any atom is -0.476 e. The number of carbonyl (C=O) groups excluding carboxylic acids is 1. The van der Waals surface area contributed by atoms with Gasteiger partial charge in [0.05, 0.1) is 5.56 Å². The molecule has 0 aliphatic rings. The highest BCUT2D eigenvalue weighted by atomic mass is 16.5. The maximum atomic E-state index is 10.9. The second-order valence-electron chi connectivity index (χ2n) is 3.51. The second kappa shape index (κ2) is 5.13. The van der Waals surface area contributed by atoms with Crippen LogP contribution >= 0.6 is 0 Å². The Labute approximate surface area is 107 Å². The molecular weight excluding hydrogens is 250 g/mol. The first-order valence-electron chi connectivity index (χ1n) is 5.20. The van der Waals surface area contributed by atoms with Crippen LogP contribution in [0.1, 0.15) is 20.8 Å². The lowest BCUT2D eigenvalue weighted by atomic mass is 10.3. The molecule has 0 fully saturated rings. The summed E-state index contributed by atoms with van der Waals surface area (Å²) in [5, 5.41) is 8.94. The normalized spacial score (nSPS) is 9.89. The minimum atomic E-state index is -1.20. The number of hydrogen-bond donors (Lipinski definition) is 2. The fourth-order valence-corrected chi connectivity index (χ4v) is 1.33. The van der Waals surface area contributed by atoms with Gasteiger partial charge in [0.15, 0.2) is 11.4 Å². The number of carbonyl (C=O) groups is 2. The predicted octanol–water partition coefficient (Wildman–Crippen LogP) is 1.07. The fraction of sp³-hybridized carbons (Fsp3) is 0. The van der Waals surface area contributed by atoms with Crippen LogP contribution in [0.3, 0.4) is 0 Å². The largest absolute Gasteiger partial charge is 0.476 e. The van der Waals surface area contributed by atoms with Crippen LogP contribution in [0.25, 0.3) is 0 Å². The second-order valence-corrected chi connectivity index (χ2v) is 3.51. The van der Waals surface area contributed by atoms with Crippen LogP contribution in [-0.4, -0.2) is 27.0 Å². The van der Waals surface area contributed by atoms with Crippen LogP contribution in [-0.2, 0) is 0 Å². The molecule has 0 saturated carbocycles. The van der Waals surface area contributed by atoms with Crippen LogP contribution in [0.2, 0.25) is 0 Å². The molecule has 3 N–H and O–H groups in total. The lowest BCUT2D eigenvalue weighted by Crippen LogP contribution is -2.11. The molecule has 1 amide bonds. The molecule has 7 nitrogen and oxygen atoms in total. The highest BCUT2D eigenvalue weighted by molar-refractivity contribution is 5.92. The van der Waals surface area contributed by atoms with Crippen molar-refractivity contribution in [1.29, 1.82) is 0 Å². The zero-order chi connectivity index (χ0) is 13.8. The van der Waals surface area contributed by atoms with E-state index in [-0.39, 0.29) is 22.9 Å². The number of carboxylic acid groups (broad SMARTS) is 1. The van der Waals surface area contributed by atoms with Crippen LogP contribution in [0.4, 0.5) is 0 Å². The summed E-state index contributed by atoms with van der Waals surface area (Å²) in [5.41, 5.74) is 5.09. The molecule has 0 aliphatic carbocycles. The van der Waals surface area contributed by atoms with Crippen molar-refractivity contribution in [3.05, 3.63) is 47.9 Å². The molecule has 0 aromatic carbocycles. The molecule has 19 heavy (non-hydrogen) atoms. The zero-order valence-electron chi connectivity index (χ0n) is 9.61. The number of nitrogens with two attached hydrogens (primary N) is 1. The number of amides is 1. The lowest BCUT2D eigenvalue weighted by Gasteiger charge is -2.06. The highest BCUT2D eigenvalue weighted by Crippen LogP contribution is 2.22. The quantitative estimate of drug-likeness (QED) is 0.848. The lowest BCUT2D eigenvalue weighted by molar-refractivity contribution is 0.0687. The molecule has 7 heteroatoms. The van der Waals surface area contributed by atoms with Gasteiger partial charge in [-0.05, 0) is 18.2 Å². The van der Waals surface area contributed by atoms with E-state index in [1.807, 2.05) is 0 Å². The third-order valence-electron chi connectivity index (χ3n) is 2.21. The van der Waals surface area contributed by atoms with Crippen molar-refractivity contribution in [3.8, 4) is 11.6 Å². The van der Waals surface area contributed by atoms with E-state index >= 15 is 0 Å². The predicted molar refractivity (Wildman–Crippen MR) is 64.0 cm³/mol. The Morgan fingerprint density at radius 2 is 2.00 bits per heavy atom. The average molecular weight is 259 g/mol. The summed E-state index contributed by atoms with van der Waals surface area (Å²) in [6.45, 7) is 0. The van der Waals surface area contributed by atoms with Crippen LogP contribution in [0.15, 0.2) is 36.7 Å². The van der Waals surface area contributed by atoms with Gasteiger partial charge in [-0.1, -0.05) is 0 Å². The summed E-state index contributed by atoms with van der Waals surface area (Å²) in [4.78, 5) is 29.3. The van der Waals surface area contributed by atoms with E-state index in [0.717, 1.165) is 0 Å². The topological polar surface area (TPSA) is 115 Å². The third-order valence-corrected chi connectivity index (χ3v) is 2.21. The Morgan fingerprint density at radius 1 is 1.21 bits per heavy atom. The monoisotopic (exact) mass is 259 g/mol. The standard InChI is InChI=1S/C12H9N3O4/c13-11(16)7-3-4-9(15-6-7)19-8-2-1-5-14-10(8)12(17)18/h1-6H,(H2,13,16)(H,17,18). The van der Waals surface area contributed by atoms with Crippen molar-refractivity contribution in [2.45, 2.75) is 0 Å². The van der Waals surface area contributed by atoms with Crippen molar-refractivity contribution in [1.82, 2.24) is 9.97 Å². The van der Waals surface area contributed by atoms with Crippen molar-refractivity contribution in [3.63, 3.8) is 0 Å². The summed E-state index contributed by atoms with van der Waals surface area (Å²) in [7, 11) is 0. The van der Waals surface area contributed by atoms with Gasteiger partial charge in [-0.25, -0.2) is 14.8 Å². The van der Waals surface area contributed by atoms with Crippen molar-refractivity contribution in [2.24, 2.45) is 5.73 Å². The molecule has 0 saturated heterocycles. The number of hydrogen-bond acceptors (Lipinski definition) is 5. The molecule has 0 spiro atoms. The summed E-state index contributed by atoms with van der Waals surface area (Å²) in [6.07, 6.45) is 2.59. The third kappa shape index (κ3) is 2.83. The number of ether oxygens (including phenoxy) is 1. The van der Waals surface area contributed by atoms with Gasteiger partial charge >= 0.3 is 5.97 Å². The number of pyridine rings is 2. The molecule has 2 aromatic heterocycles. The van der Waals surface area contributed by atoms with E-state index in [1.165, 1.54) is 30.6 Å². The Kier molecular flexibility index (Phi) is 3.37. The van der Waals surface area contributed by atoms with Gasteiger partial charge in [-0.3, -0.25) is 4.79 Å². The molecule has 2 rings (SSSR count). The maximum Gasteiger partial charge on any atom is 0.358 e. The fourth-order valence-electron chi connectivity index (χ4n) is 1.33. The Morgan fingerprint density at radius 3 is 2.58 bits per heavy atom. The number of aromatic nitrogens is 2. The number of aromatic carboxylic acids is 1. The first-order chi connectivity index (χ1) is 9.08. The van der Waals surface area contributed by atoms with E-state index in [1.54, 1.807) is 6.07 Å². The first-order valence-corrected chi connectivity index (χ1v) is 5.20. The van der Waals surface area contributed by atoms with Gasteiger partial charge in [0.2, 0.25) is 11.8 Å². The molecule has 0 aliphatic heterocycles. The highest BCUT2D eigenvalue weighted by Gasteiger charge is 2.13.